The molecule has 2 aromatic carbocycles. The molecule has 7 N–H and O–H groups in total. The van der Waals surface area contributed by atoms with Gasteiger partial charge in [0.05, 0.1) is 51.5 Å². The second-order valence-electron chi connectivity index (χ2n) is 10.0. The fourth-order valence-corrected chi connectivity index (χ4v) is 4.41. The summed E-state index contributed by atoms with van der Waals surface area (Å²) in [6, 6.07) is 26.0. The normalized spacial score (nSPS) is 9.18. The van der Waals surface area contributed by atoms with Crippen molar-refractivity contribution in [3.8, 4) is 0 Å². The van der Waals surface area contributed by atoms with Crippen LogP contribution < -0.4 is 10.2 Å². The SMILES string of the molecule is O.O.O=C([O-])c1cncc(F)c1.O=C([O-])c1cncc(F)c1.O=[N+]([O-])[O-].[Eu+3].[OH3+].c1cnc2c(c1)ccc1cccnc12.c1cnc2c(c1)ccc1cccnc12. The number of carboxylic acids is 2. The van der Waals surface area contributed by atoms with Gasteiger partial charge in [0.1, 0.15) is 11.6 Å². The number of aromatic carboxylic acids is 2. The molecule has 8 aromatic rings. The van der Waals surface area contributed by atoms with E-state index < -0.39 is 28.7 Å². The van der Waals surface area contributed by atoms with Crippen LogP contribution in [0.1, 0.15) is 20.7 Å². The van der Waals surface area contributed by atoms with E-state index in [4.69, 9.17) is 15.3 Å². The zero-order valence-corrected chi connectivity index (χ0v) is 30.8. The fourth-order valence-electron chi connectivity index (χ4n) is 4.41. The number of carbonyl (C=O) groups is 2. The van der Waals surface area contributed by atoms with Gasteiger partial charge in [0.25, 0.3) is 0 Å². The third kappa shape index (κ3) is 14.9. The van der Waals surface area contributed by atoms with Gasteiger partial charge in [-0.3, -0.25) is 29.9 Å². The van der Waals surface area contributed by atoms with Crippen molar-refractivity contribution in [2.75, 3.05) is 0 Å². The van der Waals surface area contributed by atoms with Crippen LogP contribution in [-0.4, -0.2) is 57.9 Å². The Labute approximate surface area is 355 Å². The quantitative estimate of drug-likeness (QED) is 0.104. The monoisotopic (exact) mass is 910 g/mol. The van der Waals surface area contributed by atoms with Crippen LogP contribution in [0.15, 0.2) is 135 Å². The molecule has 288 valence electrons. The molecule has 0 amide bonds. The number of halogens is 2. The molecule has 17 nitrogen and oxygen atoms in total. The molecule has 8 rings (SSSR count). The average Bonchev–Trinajstić information content (AvgIpc) is 3.15. The number of carbonyl (C=O) groups excluding carboxylic acids is 2. The van der Waals surface area contributed by atoms with Gasteiger partial charge in [-0.25, -0.2) is 8.78 Å². The van der Waals surface area contributed by atoms with Gasteiger partial charge in [0, 0.05) is 69.9 Å². The molecule has 0 unspecified atom stereocenters. The maximum Gasteiger partial charge on any atom is 3.00 e. The Morgan fingerprint density at radius 1 is 0.518 bits per heavy atom. The largest absolute Gasteiger partial charge is 3.00 e. The summed E-state index contributed by atoms with van der Waals surface area (Å²) in [7, 11) is 0. The molecular weight excluding hydrogens is 880 g/mol. The van der Waals surface area contributed by atoms with Crippen LogP contribution in [0.25, 0.3) is 43.6 Å². The molecule has 0 radical (unpaired) electrons. The number of rotatable bonds is 2. The third-order valence-corrected chi connectivity index (χ3v) is 6.57. The number of fused-ring (bicyclic) bond motifs is 6. The first-order valence-corrected chi connectivity index (χ1v) is 14.7. The molecular formula is C36H29EuF2N7O10+. The van der Waals surface area contributed by atoms with Gasteiger partial charge in [-0.15, -0.1) is 0 Å². The Morgan fingerprint density at radius 3 is 0.964 bits per heavy atom. The van der Waals surface area contributed by atoms with E-state index >= 15 is 0 Å². The number of hydrogen-bond acceptors (Lipinski definition) is 13. The van der Waals surface area contributed by atoms with E-state index in [9.17, 15) is 28.6 Å². The summed E-state index contributed by atoms with van der Waals surface area (Å²) in [5.41, 5.74) is 3.41. The van der Waals surface area contributed by atoms with Gasteiger partial charge < -0.3 is 51.6 Å². The van der Waals surface area contributed by atoms with Crippen molar-refractivity contribution in [1.82, 2.24) is 29.9 Å². The van der Waals surface area contributed by atoms with E-state index in [1.165, 1.54) is 0 Å². The van der Waals surface area contributed by atoms with E-state index in [-0.39, 0.29) is 76.9 Å². The Hall–Kier alpha value is -6.16. The van der Waals surface area contributed by atoms with Gasteiger partial charge in [-0.2, -0.15) is 0 Å². The van der Waals surface area contributed by atoms with Crippen LogP contribution in [0, 0.1) is 76.3 Å². The molecule has 6 aromatic heterocycles. The molecule has 20 heteroatoms. The summed E-state index contributed by atoms with van der Waals surface area (Å²) in [4.78, 5) is 52.3. The molecule has 0 saturated heterocycles. The van der Waals surface area contributed by atoms with Crippen LogP contribution >= 0.6 is 0 Å². The molecule has 0 bridgehead atoms. The fraction of sp³-hybridized carbons (Fsp3) is 0. The van der Waals surface area contributed by atoms with Crippen molar-refractivity contribution >= 4 is 55.6 Å². The minimum absolute atomic E-state index is 0. The van der Waals surface area contributed by atoms with E-state index in [2.05, 4.69) is 78.4 Å². The summed E-state index contributed by atoms with van der Waals surface area (Å²) < 4.78 is 24.3. The molecule has 56 heavy (non-hydrogen) atoms. The Bertz CT molecular complexity index is 2220. The number of nitrogens with zero attached hydrogens (tertiary/aromatic N) is 7. The zero-order valence-electron chi connectivity index (χ0n) is 28.4. The van der Waals surface area contributed by atoms with Crippen molar-refractivity contribution in [1.29, 1.82) is 0 Å². The summed E-state index contributed by atoms with van der Waals surface area (Å²) in [6.45, 7) is 0. The second-order valence-corrected chi connectivity index (χ2v) is 10.0. The first kappa shape index (κ1) is 49.8. The van der Waals surface area contributed by atoms with Gasteiger partial charge in [-0.05, 0) is 36.4 Å². The molecule has 0 aliphatic rings. The Morgan fingerprint density at radius 2 is 0.768 bits per heavy atom. The first-order chi connectivity index (χ1) is 25.0. The number of pyridine rings is 6. The summed E-state index contributed by atoms with van der Waals surface area (Å²) in [5.74, 6) is -4.21. The van der Waals surface area contributed by atoms with Gasteiger partial charge in [0.15, 0.2) is 0 Å². The van der Waals surface area contributed by atoms with Crippen molar-refractivity contribution in [2.45, 2.75) is 0 Å². The maximum absolute atomic E-state index is 12.2. The number of aromatic nitrogens is 6. The van der Waals surface area contributed by atoms with Crippen LogP contribution in [0.3, 0.4) is 0 Å². The number of hydrogen-bond donors (Lipinski definition) is 0. The van der Waals surface area contributed by atoms with Crippen molar-refractivity contribution in [3.63, 3.8) is 0 Å². The van der Waals surface area contributed by atoms with Gasteiger partial charge >= 0.3 is 49.4 Å². The predicted octanol–water partition coefficient (Wildman–Crippen LogP) is 1.92. The standard InChI is InChI=1S/2C12H8N2.2C6H4FNO2.Eu.NO3.3H2O/c2*1-3-9-5-6-10-4-2-8-14-12(10)11(9)13-7-1;2*7-5-1-4(6(9)10)2-8-3-5;;2-1(3)4;;;/h2*1-8H;2*1-3H,(H,9,10);;;3*1H2/q;;;;+3;-1;;;/p-1. The maximum atomic E-state index is 12.2. The zero-order chi connectivity index (χ0) is 37.5. The Balaban J connectivity index is 0.000000690. The van der Waals surface area contributed by atoms with Crippen LogP contribution in [0.2, 0.25) is 0 Å². The van der Waals surface area contributed by atoms with Crippen molar-refractivity contribution in [2.24, 2.45) is 0 Å². The molecule has 0 aliphatic heterocycles. The van der Waals surface area contributed by atoms with Crippen LogP contribution in [0.4, 0.5) is 8.78 Å². The smallest absolute Gasteiger partial charge is 0.545 e. The van der Waals surface area contributed by atoms with Crippen LogP contribution in [-0.2, 0) is 5.48 Å². The molecule has 0 saturated carbocycles. The van der Waals surface area contributed by atoms with E-state index in [1.54, 1.807) is 24.8 Å². The van der Waals surface area contributed by atoms with E-state index in [0.717, 1.165) is 80.5 Å². The molecule has 0 spiro atoms. The first-order valence-electron chi connectivity index (χ1n) is 14.7. The van der Waals surface area contributed by atoms with E-state index in [1.807, 2.05) is 24.3 Å². The molecule has 0 atom stereocenters. The van der Waals surface area contributed by atoms with Crippen molar-refractivity contribution < 1.29 is 99.5 Å². The van der Waals surface area contributed by atoms with Crippen LogP contribution in [0.5, 0.6) is 0 Å². The topological polar surface area (TPSA) is 320 Å². The van der Waals surface area contributed by atoms with Crippen molar-refractivity contribution in [3.05, 3.63) is 173 Å². The minimum atomic E-state index is -1.75. The second kappa shape index (κ2) is 25.0. The molecule has 0 fully saturated rings. The summed E-state index contributed by atoms with van der Waals surface area (Å²) in [5, 5.41) is 39.4. The summed E-state index contributed by atoms with van der Waals surface area (Å²) in [6.07, 6.45) is 11.1. The summed E-state index contributed by atoms with van der Waals surface area (Å²) >= 11 is 0. The number of benzene rings is 2. The van der Waals surface area contributed by atoms with E-state index in [0.29, 0.717) is 0 Å². The van der Waals surface area contributed by atoms with Gasteiger partial charge in [0.2, 0.25) is 0 Å². The average molecular weight is 910 g/mol. The molecule has 0 aliphatic carbocycles. The van der Waals surface area contributed by atoms with Gasteiger partial charge in [-0.1, -0.05) is 48.5 Å². The molecule has 6 heterocycles. The number of carboxylic acid groups (broad SMARTS) is 2. The minimum Gasteiger partial charge on any atom is -0.545 e. The predicted molar refractivity (Wildman–Crippen MR) is 194 cm³/mol. The third-order valence-electron chi connectivity index (χ3n) is 6.57. The Kier molecular flexibility index (Phi) is 22.3.